The van der Waals surface area contributed by atoms with Crippen LogP contribution in [0.1, 0.15) is 5.56 Å². The Balaban J connectivity index is 2.53. The van der Waals surface area contributed by atoms with Crippen molar-refractivity contribution in [3.05, 3.63) is 28.8 Å². The molecule has 0 aliphatic carbocycles. The Morgan fingerprint density at radius 2 is 2.05 bits per heavy atom. The van der Waals surface area contributed by atoms with E-state index in [1.54, 1.807) is 7.11 Å². The minimum absolute atomic E-state index is 0.666. The summed E-state index contributed by atoms with van der Waals surface area (Å²) in [5.74, 6) is 0.885. The molecule has 0 heterocycles. The molecule has 108 valence electrons. The number of rotatable bonds is 9. The van der Waals surface area contributed by atoms with Crippen molar-refractivity contribution in [2.45, 2.75) is 6.54 Å². The standard InChI is InChI=1S/C14H23ClN2O2/c1-17(2)7-9-19-14-5-4-13(15)10-12(14)11-16-6-8-18-3/h4-5,10,16H,6-9,11H2,1-3H3. The molecule has 0 amide bonds. The molecule has 1 aromatic carbocycles. The fourth-order valence-electron chi connectivity index (χ4n) is 1.56. The second-order valence-electron chi connectivity index (χ2n) is 4.57. The van der Waals surface area contributed by atoms with E-state index in [1.165, 1.54) is 0 Å². The lowest BCUT2D eigenvalue weighted by molar-refractivity contribution is 0.199. The summed E-state index contributed by atoms with van der Waals surface area (Å²) >= 11 is 6.03. The predicted octanol–water partition coefficient (Wildman–Crippen LogP) is 2.02. The minimum Gasteiger partial charge on any atom is -0.492 e. The van der Waals surface area contributed by atoms with Gasteiger partial charge in [0.2, 0.25) is 0 Å². The van der Waals surface area contributed by atoms with E-state index in [0.29, 0.717) is 13.2 Å². The van der Waals surface area contributed by atoms with Gasteiger partial charge in [0.25, 0.3) is 0 Å². The second-order valence-corrected chi connectivity index (χ2v) is 5.01. The Morgan fingerprint density at radius 1 is 1.26 bits per heavy atom. The molecule has 0 saturated heterocycles. The molecule has 1 aromatic rings. The van der Waals surface area contributed by atoms with Gasteiger partial charge < -0.3 is 19.7 Å². The van der Waals surface area contributed by atoms with Crippen molar-refractivity contribution in [2.75, 3.05) is 47.5 Å². The highest BCUT2D eigenvalue weighted by Crippen LogP contribution is 2.22. The quantitative estimate of drug-likeness (QED) is 0.704. The fraction of sp³-hybridized carbons (Fsp3) is 0.571. The molecule has 0 spiro atoms. The van der Waals surface area contributed by atoms with Gasteiger partial charge in [-0.1, -0.05) is 11.6 Å². The number of nitrogens with zero attached hydrogens (tertiary/aromatic N) is 1. The molecule has 0 unspecified atom stereocenters. The molecule has 0 aromatic heterocycles. The molecule has 0 fully saturated rings. The van der Waals surface area contributed by atoms with Crippen LogP contribution < -0.4 is 10.1 Å². The van der Waals surface area contributed by atoms with E-state index in [2.05, 4.69) is 10.2 Å². The first-order valence-electron chi connectivity index (χ1n) is 6.39. The third-order valence-electron chi connectivity index (χ3n) is 2.62. The van der Waals surface area contributed by atoms with E-state index in [1.807, 2.05) is 32.3 Å². The second kappa shape index (κ2) is 9.15. The minimum atomic E-state index is 0.666. The van der Waals surface area contributed by atoms with Crippen molar-refractivity contribution in [3.8, 4) is 5.75 Å². The van der Waals surface area contributed by atoms with Crippen molar-refractivity contribution in [3.63, 3.8) is 0 Å². The van der Waals surface area contributed by atoms with Crippen molar-refractivity contribution in [1.29, 1.82) is 0 Å². The zero-order valence-electron chi connectivity index (χ0n) is 11.9. The number of methoxy groups -OCH3 is 1. The third-order valence-corrected chi connectivity index (χ3v) is 2.85. The van der Waals surface area contributed by atoms with Gasteiger partial charge in [-0.15, -0.1) is 0 Å². The number of hydrogen-bond acceptors (Lipinski definition) is 4. The van der Waals surface area contributed by atoms with Crippen molar-refractivity contribution >= 4 is 11.6 Å². The molecule has 4 nitrogen and oxygen atoms in total. The van der Waals surface area contributed by atoms with Crippen LogP contribution in [-0.4, -0.2) is 52.4 Å². The SMILES string of the molecule is COCCNCc1cc(Cl)ccc1OCCN(C)C. The summed E-state index contributed by atoms with van der Waals surface area (Å²) in [6.45, 7) is 3.78. The maximum absolute atomic E-state index is 6.03. The van der Waals surface area contributed by atoms with Crippen LogP contribution in [0.15, 0.2) is 18.2 Å². The fourth-order valence-corrected chi connectivity index (χ4v) is 1.76. The predicted molar refractivity (Wildman–Crippen MR) is 79.1 cm³/mol. The van der Waals surface area contributed by atoms with Gasteiger partial charge in [0.15, 0.2) is 0 Å². The van der Waals surface area contributed by atoms with Crippen LogP contribution in [0.2, 0.25) is 5.02 Å². The van der Waals surface area contributed by atoms with Gasteiger partial charge >= 0.3 is 0 Å². The van der Waals surface area contributed by atoms with Crippen molar-refractivity contribution in [1.82, 2.24) is 10.2 Å². The summed E-state index contributed by atoms with van der Waals surface area (Å²) in [5.41, 5.74) is 1.07. The number of hydrogen-bond donors (Lipinski definition) is 1. The van der Waals surface area contributed by atoms with Crippen molar-refractivity contribution in [2.24, 2.45) is 0 Å². The van der Waals surface area contributed by atoms with E-state index < -0.39 is 0 Å². The Labute approximate surface area is 120 Å². The van der Waals surface area contributed by atoms with Crippen LogP contribution >= 0.6 is 11.6 Å². The molecular weight excluding hydrogens is 264 g/mol. The lowest BCUT2D eigenvalue weighted by Gasteiger charge is -2.14. The van der Waals surface area contributed by atoms with Crippen molar-refractivity contribution < 1.29 is 9.47 Å². The molecule has 1 N–H and O–H groups in total. The Bertz CT molecular complexity index is 372. The molecule has 0 aliphatic rings. The van der Waals surface area contributed by atoms with Gasteiger partial charge in [-0.05, 0) is 32.3 Å². The lowest BCUT2D eigenvalue weighted by Crippen LogP contribution is -2.21. The average molecular weight is 287 g/mol. The maximum atomic E-state index is 6.03. The summed E-state index contributed by atoms with van der Waals surface area (Å²) in [4.78, 5) is 2.09. The van der Waals surface area contributed by atoms with Gasteiger partial charge in [-0.3, -0.25) is 0 Å². The number of benzene rings is 1. The van der Waals surface area contributed by atoms with Crippen LogP contribution in [0.5, 0.6) is 5.75 Å². The van der Waals surface area contributed by atoms with Crippen LogP contribution in [0.4, 0.5) is 0 Å². The number of ether oxygens (including phenoxy) is 2. The normalized spacial score (nSPS) is 11.0. The summed E-state index contributed by atoms with van der Waals surface area (Å²) in [5, 5.41) is 4.02. The van der Waals surface area contributed by atoms with E-state index in [9.17, 15) is 0 Å². The Kier molecular flexibility index (Phi) is 7.82. The van der Waals surface area contributed by atoms with E-state index in [0.717, 1.165) is 36.0 Å². The number of likely N-dealkylation sites (N-methyl/N-ethyl adjacent to an activating group) is 1. The zero-order valence-corrected chi connectivity index (χ0v) is 12.7. The van der Waals surface area contributed by atoms with Crippen LogP contribution in [0.3, 0.4) is 0 Å². The summed E-state index contributed by atoms with van der Waals surface area (Å²) in [6, 6.07) is 5.71. The highest BCUT2D eigenvalue weighted by molar-refractivity contribution is 6.30. The number of halogens is 1. The molecule has 0 bridgehead atoms. The summed E-state index contributed by atoms with van der Waals surface area (Å²) in [7, 11) is 5.74. The first-order chi connectivity index (χ1) is 9.13. The van der Waals surface area contributed by atoms with Gasteiger partial charge in [0, 0.05) is 37.3 Å². The molecule has 0 atom stereocenters. The van der Waals surface area contributed by atoms with Gasteiger partial charge in [0.1, 0.15) is 12.4 Å². The van der Waals surface area contributed by atoms with Gasteiger partial charge in [0.05, 0.1) is 6.61 Å². The van der Waals surface area contributed by atoms with Crippen LogP contribution in [0.25, 0.3) is 0 Å². The largest absolute Gasteiger partial charge is 0.492 e. The first kappa shape index (κ1) is 16.2. The van der Waals surface area contributed by atoms with E-state index in [-0.39, 0.29) is 0 Å². The highest BCUT2D eigenvalue weighted by Gasteiger charge is 2.05. The molecular formula is C14H23ClN2O2. The average Bonchev–Trinajstić information content (AvgIpc) is 2.36. The maximum Gasteiger partial charge on any atom is 0.123 e. The molecule has 0 saturated carbocycles. The molecule has 0 aliphatic heterocycles. The lowest BCUT2D eigenvalue weighted by atomic mass is 10.2. The Hall–Kier alpha value is -0.810. The molecule has 1 rings (SSSR count). The van der Waals surface area contributed by atoms with E-state index >= 15 is 0 Å². The Morgan fingerprint density at radius 3 is 2.74 bits per heavy atom. The zero-order chi connectivity index (χ0) is 14.1. The monoisotopic (exact) mass is 286 g/mol. The topological polar surface area (TPSA) is 33.7 Å². The highest BCUT2D eigenvalue weighted by atomic mass is 35.5. The number of nitrogens with one attached hydrogen (secondary N) is 1. The smallest absolute Gasteiger partial charge is 0.123 e. The summed E-state index contributed by atoms with van der Waals surface area (Å²) < 4.78 is 10.8. The molecule has 19 heavy (non-hydrogen) atoms. The van der Waals surface area contributed by atoms with Gasteiger partial charge in [-0.25, -0.2) is 0 Å². The molecule has 0 radical (unpaired) electrons. The third kappa shape index (κ3) is 6.78. The van der Waals surface area contributed by atoms with Gasteiger partial charge in [-0.2, -0.15) is 0 Å². The van der Waals surface area contributed by atoms with E-state index in [4.69, 9.17) is 21.1 Å². The molecule has 5 heteroatoms. The van der Waals surface area contributed by atoms with Crippen LogP contribution in [0, 0.1) is 0 Å². The first-order valence-corrected chi connectivity index (χ1v) is 6.77. The van der Waals surface area contributed by atoms with Crippen LogP contribution in [-0.2, 0) is 11.3 Å². The summed E-state index contributed by atoms with van der Waals surface area (Å²) in [6.07, 6.45) is 0.